The standard InChI is InChI=1S/C16H27NO3/c1-15(2)12-4-5-16(15,3)13(10-12)20-14(18)11-17-6-8-19-9-7-17/h12-13H,4-11H2,1-3H3/t12-,13-,16+/m1/s1. The highest BCUT2D eigenvalue weighted by atomic mass is 16.5. The van der Waals surface area contributed by atoms with Crippen molar-refractivity contribution in [2.45, 2.75) is 46.1 Å². The Kier molecular flexibility index (Phi) is 3.57. The maximum absolute atomic E-state index is 12.2. The van der Waals surface area contributed by atoms with Gasteiger partial charge < -0.3 is 9.47 Å². The van der Waals surface area contributed by atoms with Gasteiger partial charge in [-0.1, -0.05) is 20.8 Å². The molecule has 0 aromatic heterocycles. The minimum Gasteiger partial charge on any atom is -0.461 e. The molecule has 1 aliphatic heterocycles. The van der Waals surface area contributed by atoms with Crippen LogP contribution in [-0.4, -0.2) is 49.8 Å². The number of fused-ring (bicyclic) bond motifs is 2. The summed E-state index contributed by atoms with van der Waals surface area (Å²) in [6.45, 7) is 10.6. The van der Waals surface area contributed by atoms with Gasteiger partial charge >= 0.3 is 5.97 Å². The first-order chi connectivity index (χ1) is 9.43. The Morgan fingerprint density at radius 2 is 2.00 bits per heavy atom. The van der Waals surface area contributed by atoms with Crippen LogP contribution in [0.25, 0.3) is 0 Å². The number of rotatable bonds is 3. The fraction of sp³-hybridized carbons (Fsp3) is 0.938. The highest BCUT2D eigenvalue weighted by Gasteiger charge is 2.62. The van der Waals surface area contributed by atoms with Crippen LogP contribution in [0.5, 0.6) is 0 Å². The number of ether oxygens (including phenoxy) is 2. The molecule has 0 unspecified atom stereocenters. The van der Waals surface area contributed by atoms with Gasteiger partial charge in [-0.25, -0.2) is 0 Å². The molecule has 0 aromatic rings. The number of carbonyl (C=O) groups is 1. The molecule has 114 valence electrons. The van der Waals surface area contributed by atoms with Crippen molar-refractivity contribution in [2.75, 3.05) is 32.8 Å². The van der Waals surface area contributed by atoms with Gasteiger partial charge in [-0.2, -0.15) is 0 Å². The first-order valence-electron chi connectivity index (χ1n) is 7.93. The number of morpholine rings is 1. The number of hydrogen-bond acceptors (Lipinski definition) is 4. The average molecular weight is 281 g/mol. The summed E-state index contributed by atoms with van der Waals surface area (Å²) >= 11 is 0. The largest absolute Gasteiger partial charge is 0.461 e. The second-order valence-corrected chi connectivity index (χ2v) is 7.48. The maximum Gasteiger partial charge on any atom is 0.320 e. The molecule has 0 spiro atoms. The van der Waals surface area contributed by atoms with Crippen molar-refractivity contribution in [3.63, 3.8) is 0 Å². The highest BCUT2D eigenvalue weighted by molar-refractivity contribution is 5.72. The zero-order chi connectivity index (χ0) is 14.4. The van der Waals surface area contributed by atoms with Gasteiger partial charge in [0.15, 0.2) is 0 Å². The third kappa shape index (κ3) is 2.17. The minimum absolute atomic E-state index is 0.0542. The summed E-state index contributed by atoms with van der Waals surface area (Å²) in [4.78, 5) is 14.3. The van der Waals surface area contributed by atoms with Gasteiger partial charge in [-0.15, -0.1) is 0 Å². The van der Waals surface area contributed by atoms with Crippen molar-refractivity contribution in [2.24, 2.45) is 16.7 Å². The fourth-order valence-corrected chi connectivity index (χ4v) is 4.45. The molecule has 2 aliphatic carbocycles. The number of carbonyl (C=O) groups excluding carboxylic acids is 1. The van der Waals surface area contributed by atoms with E-state index in [1.54, 1.807) is 0 Å². The van der Waals surface area contributed by atoms with Crippen LogP contribution < -0.4 is 0 Å². The molecule has 0 radical (unpaired) electrons. The summed E-state index contributed by atoms with van der Waals surface area (Å²) < 4.78 is 11.2. The predicted molar refractivity (Wildman–Crippen MR) is 76.4 cm³/mol. The lowest BCUT2D eigenvalue weighted by Crippen LogP contribution is -2.43. The Bertz CT molecular complexity index is 389. The van der Waals surface area contributed by atoms with Crippen LogP contribution in [-0.2, 0) is 14.3 Å². The zero-order valence-electron chi connectivity index (χ0n) is 13.0. The van der Waals surface area contributed by atoms with Gasteiger partial charge in [-0.3, -0.25) is 9.69 Å². The summed E-state index contributed by atoms with van der Waals surface area (Å²) in [7, 11) is 0. The monoisotopic (exact) mass is 281 g/mol. The summed E-state index contributed by atoms with van der Waals surface area (Å²) in [5.41, 5.74) is 0.468. The van der Waals surface area contributed by atoms with E-state index in [0.29, 0.717) is 17.9 Å². The Balaban J connectivity index is 1.57. The van der Waals surface area contributed by atoms with Crippen molar-refractivity contribution in [3.05, 3.63) is 0 Å². The molecular formula is C16H27NO3. The van der Waals surface area contributed by atoms with E-state index < -0.39 is 0 Å². The SMILES string of the molecule is CC1(C)[C@@H]2CC[C@@]1(C)[C@H](OC(=O)CN1CCOCC1)C2. The molecule has 0 N–H and O–H groups in total. The molecule has 1 saturated heterocycles. The summed E-state index contributed by atoms with van der Waals surface area (Å²) in [5, 5.41) is 0. The molecule has 3 fully saturated rings. The van der Waals surface area contributed by atoms with Crippen LogP contribution in [0.2, 0.25) is 0 Å². The Labute approximate surface area is 121 Å². The van der Waals surface area contributed by atoms with Gasteiger partial charge in [0.05, 0.1) is 19.8 Å². The molecule has 1 heterocycles. The van der Waals surface area contributed by atoms with Gasteiger partial charge in [0.2, 0.25) is 0 Å². The summed E-state index contributed by atoms with van der Waals surface area (Å²) in [6, 6.07) is 0. The Hall–Kier alpha value is -0.610. The maximum atomic E-state index is 12.2. The predicted octanol–water partition coefficient (Wildman–Crippen LogP) is 2.08. The molecular weight excluding hydrogens is 254 g/mol. The highest BCUT2D eigenvalue weighted by Crippen LogP contribution is 2.66. The summed E-state index contributed by atoms with van der Waals surface area (Å²) in [6.07, 6.45) is 3.66. The zero-order valence-corrected chi connectivity index (χ0v) is 13.0. The molecule has 4 nitrogen and oxygen atoms in total. The van der Waals surface area contributed by atoms with E-state index in [-0.39, 0.29) is 17.5 Å². The van der Waals surface area contributed by atoms with Crippen LogP contribution >= 0.6 is 0 Å². The number of esters is 1. The quantitative estimate of drug-likeness (QED) is 0.742. The first kappa shape index (κ1) is 14.3. The van der Waals surface area contributed by atoms with E-state index in [1.165, 1.54) is 12.8 Å². The Morgan fingerprint density at radius 1 is 1.30 bits per heavy atom. The normalized spacial score (nSPS) is 40.0. The molecule has 3 aliphatic rings. The van der Waals surface area contributed by atoms with E-state index in [9.17, 15) is 4.79 Å². The molecule has 0 amide bonds. The topological polar surface area (TPSA) is 38.8 Å². The third-order valence-electron chi connectivity index (χ3n) is 6.44. The average Bonchev–Trinajstić information content (AvgIpc) is 2.73. The first-order valence-corrected chi connectivity index (χ1v) is 7.93. The van der Waals surface area contributed by atoms with E-state index >= 15 is 0 Å². The van der Waals surface area contributed by atoms with Crippen LogP contribution in [0.3, 0.4) is 0 Å². The number of hydrogen-bond donors (Lipinski definition) is 0. The lowest BCUT2D eigenvalue weighted by atomic mass is 9.70. The Morgan fingerprint density at radius 3 is 2.55 bits per heavy atom. The van der Waals surface area contributed by atoms with Crippen LogP contribution in [0.15, 0.2) is 0 Å². The van der Waals surface area contributed by atoms with E-state index in [0.717, 1.165) is 32.7 Å². The number of nitrogens with zero attached hydrogens (tertiary/aromatic N) is 1. The second kappa shape index (κ2) is 4.99. The smallest absolute Gasteiger partial charge is 0.320 e. The minimum atomic E-state index is -0.0542. The molecule has 0 aromatic carbocycles. The van der Waals surface area contributed by atoms with Gasteiger partial charge in [0, 0.05) is 18.5 Å². The second-order valence-electron chi connectivity index (χ2n) is 7.48. The molecule has 4 heteroatoms. The van der Waals surface area contributed by atoms with Gasteiger partial charge in [-0.05, 0) is 30.6 Å². The van der Waals surface area contributed by atoms with Crippen molar-refractivity contribution < 1.29 is 14.3 Å². The molecule has 3 rings (SSSR count). The van der Waals surface area contributed by atoms with Crippen molar-refractivity contribution in [3.8, 4) is 0 Å². The third-order valence-corrected chi connectivity index (χ3v) is 6.44. The molecule has 3 atom stereocenters. The van der Waals surface area contributed by atoms with Crippen molar-refractivity contribution in [1.82, 2.24) is 4.90 Å². The fourth-order valence-electron chi connectivity index (χ4n) is 4.45. The van der Waals surface area contributed by atoms with E-state index in [2.05, 4.69) is 25.7 Å². The van der Waals surface area contributed by atoms with Crippen molar-refractivity contribution in [1.29, 1.82) is 0 Å². The van der Waals surface area contributed by atoms with E-state index in [4.69, 9.17) is 9.47 Å². The van der Waals surface area contributed by atoms with Crippen LogP contribution in [0, 0.1) is 16.7 Å². The van der Waals surface area contributed by atoms with Gasteiger partial charge in [0.1, 0.15) is 6.10 Å². The molecule has 2 saturated carbocycles. The van der Waals surface area contributed by atoms with Crippen molar-refractivity contribution >= 4 is 5.97 Å². The van der Waals surface area contributed by atoms with Gasteiger partial charge in [0.25, 0.3) is 0 Å². The molecule has 20 heavy (non-hydrogen) atoms. The van der Waals surface area contributed by atoms with Crippen LogP contribution in [0.1, 0.15) is 40.0 Å². The lowest BCUT2D eigenvalue weighted by molar-refractivity contribution is -0.159. The van der Waals surface area contributed by atoms with Crippen LogP contribution in [0.4, 0.5) is 0 Å². The lowest BCUT2D eigenvalue weighted by Gasteiger charge is -2.38. The summed E-state index contributed by atoms with van der Waals surface area (Å²) in [5.74, 6) is 0.662. The molecule has 2 bridgehead atoms. The van der Waals surface area contributed by atoms with E-state index in [1.807, 2.05) is 0 Å².